The number of aliphatic hydroxyl groups is 4. The molecule has 1 amide bonds. The lowest BCUT2D eigenvalue weighted by Crippen LogP contribution is -2.65. The molecule has 0 bridgehead atoms. The molecule has 5 fully saturated rings. The SMILES string of the molecule is CCN(CC)CCCCCCNC(=O)C12CCC3C(=CCC4C3(C)CCC3C4(C)CCC(CC4OC(C(=O)O)C(O)C(O)C4O)[C@@]3(C)O)C1CC(C)(C)CC2. The maximum atomic E-state index is 14.4. The number of carboxylic acids is 1. The van der Waals surface area contributed by atoms with Crippen LogP contribution in [0.5, 0.6) is 0 Å². The number of nitrogens with one attached hydrogen (secondary N) is 1. The van der Waals surface area contributed by atoms with E-state index < -0.39 is 42.1 Å². The third kappa shape index (κ3) is 7.72. The predicted molar refractivity (Wildman–Crippen MR) is 213 cm³/mol. The van der Waals surface area contributed by atoms with E-state index in [1.807, 2.05) is 6.92 Å². The summed E-state index contributed by atoms with van der Waals surface area (Å²) in [4.78, 5) is 28.7. The maximum Gasteiger partial charge on any atom is 0.335 e. The normalized spacial score (nSPS) is 45.1. The molecule has 55 heavy (non-hydrogen) atoms. The third-order valence-electron chi connectivity index (χ3n) is 17.2. The molecule has 314 valence electrons. The quantitative estimate of drug-likeness (QED) is 0.0964. The van der Waals surface area contributed by atoms with Crippen LogP contribution >= 0.6 is 0 Å². The number of carbonyl (C=O) groups excluding carboxylic acids is 1. The van der Waals surface area contributed by atoms with Gasteiger partial charge in [0.15, 0.2) is 6.10 Å². The lowest BCUT2D eigenvalue weighted by Gasteiger charge is -2.68. The summed E-state index contributed by atoms with van der Waals surface area (Å²) in [5.74, 6) is -0.279. The van der Waals surface area contributed by atoms with Crippen molar-refractivity contribution in [2.75, 3.05) is 26.2 Å². The first-order valence-electron chi connectivity index (χ1n) is 22.2. The van der Waals surface area contributed by atoms with Crippen molar-refractivity contribution in [1.29, 1.82) is 0 Å². The van der Waals surface area contributed by atoms with Crippen molar-refractivity contribution in [1.82, 2.24) is 10.2 Å². The molecule has 0 aromatic carbocycles. The number of nitrogens with zero attached hydrogens (tertiary/aromatic N) is 1. The Labute approximate surface area is 331 Å². The molecule has 1 aliphatic heterocycles. The van der Waals surface area contributed by atoms with E-state index in [-0.39, 0.29) is 51.7 Å². The summed E-state index contributed by atoms with van der Waals surface area (Å²) >= 11 is 0. The highest BCUT2D eigenvalue weighted by atomic mass is 16.6. The predicted octanol–water partition coefficient (Wildman–Crippen LogP) is 6.08. The van der Waals surface area contributed by atoms with Crippen molar-refractivity contribution in [2.45, 2.75) is 181 Å². The Hall–Kier alpha value is -1.56. The van der Waals surface area contributed by atoms with Crippen molar-refractivity contribution in [3.63, 3.8) is 0 Å². The van der Waals surface area contributed by atoms with Crippen LogP contribution in [0.4, 0.5) is 0 Å². The van der Waals surface area contributed by atoms with Crippen LogP contribution in [0, 0.1) is 51.2 Å². The second-order valence-corrected chi connectivity index (χ2v) is 20.6. The van der Waals surface area contributed by atoms with E-state index in [9.17, 15) is 35.1 Å². The topological polar surface area (TPSA) is 160 Å². The van der Waals surface area contributed by atoms with E-state index in [1.165, 1.54) is 12.8 Å². The zero-order valence-corrected chi connectivity index (χ0v) is 35.2. The van der Waals surface area contributed by atoms with Crippen LogP contribution < -0.4 is 5.32 Å². The van der Waals surface area contributed by atoms with Gasteiger partial charge in [0.05, 0.1) is 17.1 Å². The molecule has 13 unspecified atom stereocenters. The average molecular weight is 773 g/mol. The molecule has 1 heterocycles. The van der Waals surface area contributed by atoms with Gasteiger partial charge in [-0.2, -0.15) is 0 Å². The van der Waals surface area contributed by atoms with Crippen molar-refractivity contribution < 1.29 is 39.9 Å². The zero-order valence-electron chi connectivity index (χ0n) is 35.2. The number of fused-ring (bicyclic) bond motifs is 7. The summed E-state index contributed by atoms with van der Waals surface area (Å²) in [5, 5.41) is 57.1. The van der Waals surface area contributed by atoms with Crippen LogP contribution in [0.25, 0.3) is 0 Å². The number of aliphatic hydroxyl groups excluding tert-OH is 3. The summed E-state index contributed by atoms with van der Waals surface area (Å²) < 4.78 is 5.69. The molecule has 10 nitrogen and oxygen atoms in total. The molecule has 6 rings (SSSR count). The van der Waals surface area contributed by atoms with E-state index >= 15 is 0 Å². The Morgan fingerprint density at radius 2 is 1.51 bits per heavy atom. The number of hydrogen-bond acceptors (Lipinski definition) is 8. The number of carboxylic acid groups (broad SMARTS) is 1. The summed E-state index contributed by atoms with van der Waals surface area (Å²) in [7, 11) is 0. The van der Waals surface area contributed by atoms with E-state index in [4.69, 9.17) is 4.74 Å². The molecular weight excluding hydrogens is 697 g/mol. The lowest BCUT2D eigenvalue weighted by molar-refractivity contribution is -0.244. The minimum atomic E-state index is -1.72. The Morgan fingerprint density at radius 1 is 0.818 bits per heavy atom. The van der Waals surface area contributed by atoms with Gasteiger partial charge < -0.3 is 40.5 Å². The number of carbonyl (C=O) groups is 2. The Bertz CT molecular complexity index is 1410. The first-order chi connectivity index (χ1) is 25.9. The van der Waals surface area contributed by atoms with Crippen LogP contribution in [-0.4, -0.2) is 105 Å². The number of hydrogen-bond donors (Lipinski definition) is 6. The molecule has 0 aromatic heterocycles. The van der Waals surface area contributed by atoms with E-state index in [1.54, 1.807) is 5.57 Å². The smallest absolute Gasteiger partial charge is 0.335 e. The number of amides is 1. The van der Waals surface area contributed by atoms with Gasteiger partial charge in [-0.25, -0.2) is 4.79 Å². The van der Waals surface area contributed by atoms with Crippen LogP contribution in [0.3, 0.4) is 0 Å². The van der Waals surface area contributed by atoms with Gasteiger partial charge in [0.1, 0.15) is 18.3 Å². The standard InChI is InChI=1S/C45H76N2O8/c1-8-47(9-2)25-13-11-10-12-24-46-40(53)45-21-17-30-29(31(45)27-41(3,4)22-23-45)14-15-33-42(30,5)20-18-34-43(33,6)19-16-28(44(34,7)54)26-32-35(48)36(49)37(50)38(55-32)39(51)52/h14,28,30-38,48-50,54H,8-13,15-27H2,1-7H3,(H,46,53)(H,51,52)/t28?,30?,31?,32?,33?,34?,35?,36?,37?,38?,42?,43?,44-,45?/m1/s1. The molecule has 0 spiro atoms. The van der Waals surface area contributed by atoms with Crippen LogP contribution in [0.15, 0.2) is 11.6 Å². The Balaban J connectivity index is 1.16. The highest BCUT2D eigenvalue weighted by molar-refractivity contribution is 5.84. The summed E-state index contributed by atoms with van der Waals surface area (Å²) in [6.45, 7) is 20.2. The molecule has 5 aliphatic carbocycles. The molecule has 6 aliphatic rings. The maximum absolute atomic E-state index is 14.4. The van der Waals surface area contributed by atoms with Crippen LogP contribution in [0.2, 0.25) is 0 Å². The number of aliphatic carboxylic acids is 1. The largest absolute Gasteiger partial charge is 0.479 e. The molecule has 0 aromatic rings. The van der Waals surface area contributed by atoms with Crippen molar-refractivity contribution in [3.05, 3.63) is 11.6 Å². The van der Waals surface area contributed by atoms with Gasteiger partial charge in [0.25, 0.3) is 0 Å². The van der Waals surface area contributed by atoms with Gasteiger partial charge in [-0.15, -0.1) is 0 Å². The fourth-order valence-electron chi connectivity index (χ4n) is 13.8. The average Bonchev–Trinajstić information content (AvgIpc) is 3.13. The van der Waals surface area contributed by atoms with Gasteiger partial charge in [0.2, 0.25) is 5.91 Å². The zero-order chi connectivity index (χ0) is 40.1. The van der Waals surface area contributed by atoms with Crippen molar-refractivity contribution >= 4 is 11.9 Å². The highest BCUT2D eigenvalue weighted by Crippen LogP contribution is 2.71. The van der Waals surface area contributed by atoms with Gasteiger partial charge in [0, 0.05) is 6.54 Å². The molecule has 6 N–H and O–H groups in total. The number of rotatable bonds is 13. The van der Waals surface area contributed by atoms with E-state index in [0.717, 1.165) is 96.8 Å². The van der Waals surface area contributed by atoms with Crippen LogP contribution in [-0.2, 0) is 14.3 Å². The van der Waals surface area contributed by atoms with Gasteiger partial charge in [-0.3, -0.25) is 4.79 Å². The van der Waals surface area contributed by atoms with E-state index in [0.29, 0.717) is 18.3 Å². The summed E-state index contributed by atoms with van der Waals surface area (Å²) in [6.07, 6.45) is 9.44. The fraction of sp³-hybridized carbons (Fsp3) is 0.911. The van der Waals surface area contributed by atoms with Gasteiger partial charge in [-0.05, 0) is 156 Å². The first-order valence-corrected chi connectivity index (χ1v) is 22.2. The summed E-state index contributed by atoms with van der Waals surface area (Å²) in [6, 6.07) is 0. The van der Waals surface area contributed by atoms with Gasteiger partial charge in [-0.1, -0.05) is 66.0 Å². The lowest BCUT2D eigenvalue weighted by atomic mass is 9.37. The molecule has 14 atom stereocenters. The minimum Gasteiger partial charge on any atom is -0.479 e. The van der Waals surface area contributed by atoms with Crippen LogP contribution in [0.1, 0.15) is 145 Å². The second-order valence-electron chi connectivity index (χ2n) is 20.6. The second kappa shape index (κ2) is 16.2. The van der Waals surface area contributed by atoms with E-state index in [2.05, 4.69) is 57.8 Å². The highest BCUT2D eigenvalue weighted by Gasteiger charge is 2.66. The Kier molecular flexibility index (Phi) is 12.7. The molecule has 4 saturated carbocycles. The number of ether oxygens (including phenoxy) is 1. The molecule has 10 heteroatoms. The van der Waals surface area contributed by atoms with Crippen molar-refractivity contribution in [3.8, 4) is 0 Å². The molecular formula is C45H76N2O8. The number of allylic oxidation sites excluding steroid dienone is 2. The van der Waals surface area contributed by atoms with Gasteiger partial charge >= 0.3 is 5.97 Å². The Morgan fingerprint density at radius 3 is 2.20 bits per heavy atom. The van der Waals surface area contributed by atoms with Crippen molar-refractivity contribution in [2.24, 2.45) is 51.2 Å². The first kappa shape index (κ1) is 43.0. The monoisotopic (exact) mass is 773 g/mol. The fourth-order valence-corrected chi connectivity index (χ4v) is 13.8. The number of unbranched alkanes of at least 4 members (excludes halogenated alkanes) is 3. The third-order valence-corrected chi connectivity index (χ3v) is 17.2. The molecule has 0 radical (unpaired) electrons. The molecule has 1 saturated heterocycles. The summed E-state index contributed by atoms with van der Waals surface area (Å²) in [5.41, 5.74) is 0.258. The minimum absolute atomic E-state index is 0.0117.